The number of nitrogens with two attached hydrogens (primary N) is 1. The molecule has 0 amide bonds. The molecule has 0 bridgehead atoms. The first-order valence-electron chi connectivity index (χ1n) is 7.09. The predicted octanol–water partition coefficient (Wildman–Crippen LogP) is 1.86. The van der Waals surface area contributed by atoms with Crippen LogP contribution in [0.5, 0.6) is 11.5 Å². The van der Waals surface area contributed by atoms with Crippen molar-refractivity contribution in [2.45, 2.75) is 12.8 Å². The molecule has 1 atom stereocenters. The molecule has 0 radical (unpaired) electrons. The third-order valence-electron chi connectivity index (χ3n) is 3.44. The Morgan fingerprint density at radius 3 is 2.95 bits per heavy atom. The van der Waals surface area contributed by atoms with Crippen LogP contribution in [0.3, 0.4) is 0 Å². The van der Waals surface area contributed by atoms with Crippen LogP contribution in [0.15, 0.2) is 23.2 Å². The van der Waals surface area contributed by atoms with Crippen LogP contribution in [0.2, 0.25) is 0 Å². The lowest BCUT2D eigenvalue weighted by molar-refractivity contribution is 0.0582. The summed E-state index contributed by atoms with van der Waals surface area (Å²) < 4.78 is 15.9. The average molecular weight is 293 g/mol. The molecule has 0 saturated carbocycles. The molecule has 1 aromatic carbocycles. The molecule has 1 saturated heterocycles. The van der Waals surface area contributed by atoms with Gasteiger partial charge in [-0.25, -0.2) is 0 Å². The van der Waals surface area contributed by atoms with Crippen LogP contribution >= 0.6 is 0 Å². The van der Waals surface area contributed by atoms with Gasteiger partial charge in [0.05, 0.1) is 26.5 Å². The molecule has 1 heterocycles. The number of hydrogen-bond acceptors (Lipinski definition) is 4. The Kier molecular flexibility index (Phi) is 5.68. The Morgan fingerprint density at radius 2 is 2.29 bits per heavy atom. The molecule has 1 unspecified atom stereocenters. The van der Waals surface area contributed by atoms with Gasteiger partial charge in [0.15, 0.2) is 5.96 Å². The van der Waals surface area contributed by atoms with E-state index in [1.807, 2.05) is 18.2 Å². The summed E-state index contributed by atoms with van der Waals surface area (Å²) in [5, 5.41) is 3.06. The number of anilines is 1. The predicted molar refractivity (Wildman–Crippen MR) is 83.2 cm³/mol. The van der Waals surface area contributed by atoms with Crippen molar-refractivity contribution in [3.05, 3.63) is 18.2 Å². The molecule has 0 spiro atoms. The van der Waals surface area contributed by atoms with Crippen LogP contribution in [-0.2, 0) is 4.74 Å². The molecular formula is C15H23N3O3. The Hall–Kier alpha value is -1.95. The zero-order chi connectivity index (χ0) is 15.1. The number of aliphatic imine (C=N–C) groups is 1. The molecule has 1 aromatic rings. The van der Waals surface area contributed by atoms with Gasteiger partial charge in [0.25, 0.3) is 0 Å². The van der Waals surface area contributed by atoms with Crippen LogP contribution in [0.4, 0.5) is 5.69 Å². The first-order valence-corrected chi connectivity index (χ1v) is 7.09. The second-order valence-corrected chi connectivity index (χ2v) is 5.00. The van der Waals surface area contributed by atoms with Crippen molar-refractivity contribution in [1.82, 2.24) is 0 Å². The summed E-state index contributed by atoms with van der Waals surface area (Å²) in [6.45, 7) is 2.29. The quantitative estimate of drug-likeness (QED) is 0.640. The molecule has 2 rings (SSSR count). The van der Waals surface area contributed by atoms with Gasteiger partial charge >= 0.3 is 0 Å². The van der Waals surface area contributed by atoms with Gasteiger partial charge in [-0.15, -0.1) is 0 Å². The monoisotopic (exact) mass is 293 g/mol. The number of nitrogens with zero attached hydrogens (tertiary/aromatic N) is 1. The largest absolute Gasteiger partial charge is 0.497 e. The number of methoxy groups -OCH3 is 2. The van der Waals surface area contributed by atoms with Crippen LogP contribution < -0.4 is 20.5 Å². The second kappa shape index (κ2) is 7.73. The number of nitrogens with one attached hydrogen (secondary N) is 1. The van der Waals surface area contributed by atoms with E-state index >= 15 is 0 Å². The van der Waals surface area contributed by atoms with Gasteiger partial charge < -0.3 is 25.3 Å². The van der Waals surface area contributed by atoms with E-state index in [-0.39, 0.29) is 0 Å². The highest BCUT2D eigenvalue weighted by molar-refractivity contribution is 5.94. The molecule has 21 heavy (non-hydrogen) atoms. The van der Waals surface area contributed by atoms with E-state index in [0.717, 1.165) is 37.5 Å². The van der Waals surface area contributed by atoms with Gasteiger partial charge in [-0.3, -0.25) is 4.99 Å². The maximum Gasteiger partial charge on any atom is 0.193 e. The standard InChI is InChI=1S/C15H23N3O3/c1-19-12-5-6-14(20-2)13(8-12)18-15(16)17-9-11-4-3-7-21-10-11/h5-6,8,11H,3-4,7,9-10H2,1-2H3,(H3,16,17,18). The van der Waals surface area contributed by atoms with Crippen LogP contribution in [0, 0.1) is 5.92 Å². The molecule has 1 fully saturated rings. The summed E-state index contributed by atoms with van der Waals surface area (Å²) in [6, 6.07) is 5.48. The van der Waals surface area contributed by atoms with Crippen molar-refractivity contribution >= 4 is 11.6 Å². The number of hydrogen-bond donors (Lipinski definition) is 2. The lowest BCUT2D eigenvalue weighted by Crippen LogP contribution is -2.26. The first kappa shape index (κ1) is 15.4. The van der Waals surface area contributed by atoms with Crippen LogP contribution in [-0.4, -0.2) is 39.9 Å². The van der Waals surface area contributed by atoms with Gasteiger partial charge in [-0.1, -0.05) is 0 Å². The Bertz CT molecular complexity index is 485. The summed E-state index contributed by atoms with van der Waals surface area (Å²) in [7, 11) is 3.23. The molecule has 3 N–H and O–H groups in total. The fourth-order valence-corrected chi connectivity index (χ4v) is 2.27. The van der Waals surface area contributed by atoms with E-state index in [9.17, 15) is 0 Å². The van der Waals surface area contributed by atoms with Crippen molar-refractivity contribution in [2.75, 3.05) is 39.3 Å². The first-order chi connectivity index (χ1) is 10.2. The lowest BCUT2D eigenvalue weighted by atomic mass is 10.0. The summed E-state index contributed by atoms with van der Waals surface area (Å²) in [5.41, 5.74) is 6.67. The van der Waals surface area contributed by atoms with Crippen LogP contribution in [0.25, 0.3) is 0 Å². The molecule has 0 aliphatic carbocycles. The Labute approximate surface area is 125 Å². The smallest absolute Gasteiger partial charge is 0.193 e. The number of benzene rings is 1. The van der Waals surface area contributed by atoms with Crippen molar-refractivity contribution in [3.8, 4) is 11.5 Å². The lowest BCUT2D eigenvalue weighted by Gasteiger charge is -2.20. The fourth-order valence-electron chi connectivity index (χ4n) is 2.27. The highest BCUT2D eigenvalue weighted by Gasteiger charge is 2.13. The van der Waals surface area contributed by atoms with E-state index in [1.54, 1.807) is 14.2 Å². The molecule has 116 valence electrons. The van der Waals surface area contributed by atoms with Crippen molar-refractivity contribution in [2.24, 2.45) is 16.6 Å². The SMILES string of the molecule is COc1ccc(OC)c(NC(N)=NCC2CCCOC2)c1. The highest BCUT2D eigenvalue weighted by Crippen LogP contribution is 2.28. The zero-order valence-corrected chi connectivity index (χ0v) is 12.6. The maximum absolute atomic E-state index is 5.94. The van der Waals surface area contributed by atoms with Gasteiger partial charge in [0.1, 0.15) is 11.5 Å². The number of guanidine groups is 1. The molecule has 1 aliphatic rings. The minimum atomic E-state index is 0.368. The van der Waals surface area contributed by atoms with Crippen molar-refractivity contribution in [3.63, 3.8) is 0 Å². The minimum Gasteiger partial charge on any atom is -0.497 e. The molecular weight excluding hydrogens is 270 g/mol. The van der Waals surface area contributed by atoms with Gasteiger partial charge in [0.2, 0.25) is 0 Å². The fraction of sp³-hybridized carbons (Fsp3) is 0.533. The van der Waals surface area contributed by atoms with Gasteiger partial charge in [0, 0.05) is 25.1 Å². The second-order valence-electron chi connectivity index (χ2n) is 5.00. The summed E-state index contributed by atoms with van der Waals surface area (Å²) in [5.74, 6) is 2.24. The third-order valence-corrected chi connectivity index (χ3v) is 3.44. The number of rotatable bonds is 5. The molecule has 1 aliphatic heterocycles. The van der Waals surface area contributed by atoms with E-state index in [4.69, 9.17) is 19.9 Å². The summed E-state index contributed by atoms with van der Waals surface area (Å²) in [4.78, 5) is 4.38. The maximum atomic E-state index is 5.94. The van der Waals surface area contributed by atoms with Crippen molar-refractivity contribution in [1.29, 1.82) is 0 Å². The van der Waals surface area contributed by atoms with Crippen molar-refractivity contribution < 1.29 is 14.2 Å². The number of ether oxygens (including phenoxy) is 3. The zero-order valence-electron chi connectivity index (χ0n) is 12.6. The van der Waals surface area contributed by atoms with E-state index in [0.29, 0.717) is 24.2 Å². The van der Waals surface area contributed by atoms with E-state index in [2.05, 4.69) is 10.3 Å². The Balaban J connectivity index is 1.98. The summed E-state index contributed by atoms with van der Waals surface area (Å²) >= 11 is 0. The van der Waals surface area contributed by atoms with Gasteiger partial charge in [-0.2, -0.15) is 0 Å². The third kappa shape index (κ3) is 4.53. The minimum absolute atomic E-state index is 0.368. The average Bonchev–Trinajstić information content (AvgIpc) is 2.54. The Morgan fingerprint density at radius 1 is 1.43 bits per heavy atom. The van der Waals surface area contributed by atoms with Crippen LogP contribution in [0.1, 0.15) is 12.8 Å². The topological polar surface area (TPSA) is 78.1 Å². The van der Waals surface area contributed by atoms with Gasteiger partial charge in [-0.05, 0) is 25.0 Å². The molecule has 0 aromatic heterocycles. The van der Waals surface area contributed by atoms with E-state index in [1.165, 1.54) is 0 Å². The molecule has 6 heteroatoms. The highest BCUT2D eigenvalue weighted by atomic mass is 16.5. The summed E-state index contributed by atoms with van der Waals surface area (Å²) in [6.07, 6.45) is 2.23. The van der Waals surface area contributed by atoms with E-state index < -0.39 is 0 Å². The molecule has 6 nitrogen and oxygen atoms in total. The normalized spacial score (nSPS) is 19.1.